The van der Waals surface area contributed by atoms with E-state index >= 15 is 0 Å². The topological polar surface area (TPSA) is 63.6 Å². The van der Waals surface area contributed by atoms with Crippen LogP contribution in [0.25, 0.3) is 0 Å². The molecule has 6 heteroatoms. The molecular formula is C15H15FO4S. The van der Waals surface area contributed by atoms with Crippen LogP contribution in [0.5, 0.6) is 5.75 Å². The van der Waals surface area contributed by atoms with E-state index < -0.39 is 21.8 Å². The third-order valence-corrected chi connectivity index (χ3v) is 4.20. The number of rotatable bonds is 4. The fourth-order valence-electron chi connectivity index (χ4n) is 2.01. The second-order valence-corrected chi connectivity index (χ2v) is 6.65. The molecule has 112 valence electrons. The molecule has 0 amide bonds. The third-order valence-electron chi connectivity index (χ3n) is 3.09. The lowest BCUT2D eigenvalue weighted by Crippen LogP contribution is -2.05. The first-order valence-corrected chi connectivity index (χ1v) is 8.03. The van der Waals surface area contributed by atoms with Gasteiger partial charge in [0.25, 0.3) is 0 Å². The van der Waals surface area contributed by atoms with Gasteiger partial charge in [-0.15, -0.1) is 0 Å². The molecule has 0 spiro atoms. The lowest BCUT2D eigenvalue weighted by Gasteiger charge is -2.16. The number of hydrogen-bond acceptors (Lipinski definition) is 4. The molecule has 2 aromatic rings. The first-order valence-electron chi connectivity index (χ1n) is 6.14. The zero-order valence-electron chi connectivity index (χ0n) is 11.6. The fourth-order valence-corrected chi connectivity index (χ4v) is 2.69. The van der Waals surface area contributed by atoms with Crippen LogP contribution in [-0.2, 0) is 9.84 Å². The van der Waals surface area contributed by atoms with Crippen LogP contribution in [0.4, 0.5) is 4.39 Å². The molecule has 1 atom stereocenters. The molecule has 0 saturated carbocycles. The van der Waals surface area contributed by atoms with Crippen molar-refractivity contribution in [2.75, 3.05) is 13.4 Å². The lowest BCUT2D eigenvalue weighted by molar-refractivity contribution is 0.214. The number of halogens is 1. The highest BCUT2D eigenvalue weighted by Gasteiger charge is 2.18. The van der Waals surface area contributed by atoms with Crippen LogP contribution in [0, 0.1) is 5.82 Å². The van der Waals surface area contributed by atoms with Gasteiger partial charge in [0, 0.05) is 11.8 Å². The highest BCUT2D eigenvalue weighted by Crippen LogP contribution is 2.31. The molecule has 4 nitrogen and oxygen atoms in total. The Kier molecular flexibility index (Phi) is 4.29. The average molecular weight is 310 g/mol. The van der Waals surface area contributed by atoms with Crippen molar-refractivity contribution in [3.05, 3.63) is 59.4 Å². The summed E-state index contributed by atoms with van der Waals surface area (Å²) in [5, 5.41) is 10.4. The summed E-state index contributed by atoms with van der Waals surface area (Å²) < 4.78 is 41.6. The van der Waals surface area contributed by atoms with E-state index in [9.17, 15) is 17.9 Å². The Balaban J connectivity index is 2.50. The van der Waals surface area contributed by atoms with Crippen LogP contribution in [0.3, 0.4) is 0 Å². The number of hydrogen-bond donors (Lipinski definition) is 1. The molecule has 1 unspecified atom stereocenters. The van der Waals surface area contributed by atoms with Crippen molar-refractivity contribution in [1.29, 1.82) is 0 Å². The maximum absolute atomic E-state index is 13.4. The summed E-state index contributed by atoms with van der Waals surface area (Å²) in [5.41, 5.74) is 0.588. The molecule has 0 fully saturated rings. The number of methoxy groups -OCH3 is 1. The number of aliphatic hydroxyl groups excluding tert-OH is 1. The van der Waals surface area contributed by atoms with Crippen LogP contribution in [-0.4, -0.2) is 26.9 Å². The smallest absolute Gasteiger partial charge is 0.175 e. The molecule has 1 N–H and O–H groups in total. The zero-order valence-corrected chi connectivity index (χ0v) is 12.4. The fraction of sp³-hybridized carbons (Fsp3) is 0.200. The van der Waals surface area contributed by atoms with Crippen LogP contribution in [0.1, 0.15) is 17.2 Å². The van der Waals surface area contributed by atoms with Gasteiger partial charge in [0.2, 0.25) is 0 Å². The van der Waals surface area contributed by atoms with E-state index in [2.05, 4.69) is 0 Å². The third kappa shape index (κ3) is 3.40. The summed E-state index contributed by atoms with van der Waals surface area (Å²) in [6.45, 7) is 0. The van der Waals surface area contributed by atoms with Crippen molar-refractivity contribution in [1.82, 2.24) is 0 Å². The maximum atomic E-state index is 13.4. The molecule has 0 aromatic heterocycles. The monoisotopic (exact) mass is 310 g/mol. The van der Waals surface area contributed by atoms with E-state index in [0.29, 0.717) is 11.3 Å². The van der Waals surface area contributed by atoms with E-state index in [4.69, 9.17) is 4.74 Å². The second-order valence-electron chi connectivity index (χ2n) is 4.63. The van der Waals surface area contributed by atoms with Gasteiger partial charge in [0.15, 0.2) is 9.84 Å². The molecular weight excluding hydrogens is 295 g/mol. The van der Waals surface area contributed by atoms with Crippen LogP contribution in [0.15, 0.2) is 47.4 Å². The lowest BCUT2D eigenvalue weighted by atomic mass is 10.0. The van der Waals surface area contributed by atoms with Gasteiger partial charge >= 0.3 is 0 Å². The minimum absolute atomic E-state index is 0.0921. The molecule has 0 aliphatic heterocycles. The minimum Gasteiger partial charge on any atom is -0.496 e. The summed E-state index contributed by atoms with van der Waals surface area (Å²) in [6, 6.07) is 9.70. The Morgan fingerprint density at radius 2 is 1.90 bits per heavy atom. The molecule has 2 rings (SSSR count). The highest BCUT2D eigenvalue weighted by atomic mass is 32.2. The summed E-state index contributed by atoms with van der Waals surface area (Å²) in [7, 11) is -1.97. The highest BCUT2D eigenvalue weighted by molar-refractivity contribution is 7.90. The Bertz CT molecular complexity index is 756. The predicted molar refractivity (Wildman–Crippen MR) is 76.6 cm³/mol. The van der Waals surface area contributed by atoms with Crippen molar-refractivity contribution in [3.63, 3.8) is 0 Å². The molecule has 21 heavy (non-hydrogen) atoms. The van der Waals surface area contributed by atoms with Gasteiger partial charge in [-0.25, -0.2) is 12.8 Å². The van der Waals surface area contributed by atoms with Gasteiger partial charge in [0.05, 0.1) is 12.0 Å². The molecule has 0 aliphatic carbocycles. The first kappa shape index (κ1) is 15.5. The summed E-state index contributed by atoms with van der Waals surface area (Å²) in [5.74, 6) is -0.183. The van der Waals surface area contributed by atoms with E-state index in [1.807, 2.05) is 0 Å². The van der Waals surface area contributed by atoms with Crippen molar-refractivity contribution < 1.29 is 22.7 Å². The van der Waals surface area contributed by atoms with Gasteiger partial charge in [-0.3, -0.25) is 0 Å². The average Bonchev–Trinajstić information content (AvgIpc) is 2.45. The van der Waals surface area contributed by atoms with Crippen molar-refractivity contribution in [3.8, 4) is 5.75 Å². The summed E-state index contributed by atoms with van der Waals surface area (Å²) in [4.78, 5) is 0.0921. The summed E-state index contributed by atoms with van der Waals surface area (Å²) >= 11 is 0. The number of benzene rings is 2. The SMILES string of the molecule is COc1ccc(F)cc1C(O)c1cccc(S(C)(=O)=O)c1. The Labute approximate surface area is 122 Å². The number of sulfone groups is 1. The van der Waals surface area contributed by atoms with Crippen LogP contribution < -0.4 is 4.74 Å². The molecule has 2 aromatic carbocycles. The van der Waals surface area contributed by atoms with Crippen molar-refractivity contribution in [2.24, 2.45) is 0 Å². The zero-order chi connectivity index (χ0) is 15.6. The number of aliphatic hydroxyl groups is 1. The Morgan fingerprint density at radius 1 is 1.19 bits per heavy atom. The van der Waals surface area contributed by atoms with E-state index in [-0.39, 0.29) is 10.5 Å². The maximum Gasteiger partial charge on any atom is 0.175 e. The number of ether oxygens (including phenoxy) is 1. The second kappa shape index (κ2) is 5.83. The van der Waals surface area contributed by atoms with Gasteiger partial charge in [-0.2, -0.15) is 0 Å². The van der Waals surface area contributed by atoms with E-state index in [1.54, 1.807) is 6.07 Å². The molecule has 0 heterocycles. The van der Waals surface area contributed by atoms with Crippen molar-refractivity contribution >= 4 is 9.84 Å². The largest absolute Gasteiger partial charge is 0.496 e. The molecule has 0 aliphatic rings. The van der Waals surface area contributed by atoms with E-state index in [0.717, 1.165) is 12.3 Å². The summed E-state index contributed by atoms with van der Waals surface area (Å²) in [6.07, 6.45) is -0.0984. The molecule has 0 radical (unpaired) electrons. The Morgan fingerprint density at radius 3 is 2.52 bits per heavy atom. The Hall–Kier alpha value is -1.92. The minimum atomic E-state index is -3.38. The molecule has 0 bridgehead atoms. The first-order chi connectivity index (χ1) is 9.82. The van der Waals surface area contributed by atoms with Gasteiger partial charge in [-0.1, -0.05) is 12.1 Å². The quantitative estimate of drug-likeness (QED) is 0.941. The van der Waals surface area contributed by atoms with Gasteiger partial charge in [0.1, 0.15) is 17.7 Å². The standard InChI is InChI=1S/C15H15FO4S/c1-20-14-7-6-11(16)9-13(14)15(17)10-4-3-5-12(8-10)21(2,18)19/h3-9,15,17H,1-2H3. The van der Waals surface area contributed by atoms with Crippen LogP contribution in [0.2, 0.25) is 0 Å². The van der Waals surface area contributed by atoms with E-state index in [1.165, 1.54) is 37.4 Å². The van der Waals surface area contributed by atoms with Gasteiger partial charge < -0.3 is 9.84 Å². The van der Waals surface area contributed by atoms with Crippen molar-refractivity contribution in [2.45, 2.75) is 11.0 Å². The predicted octanol–water partition coefficient (Wildman–Crippen LogP) is 2.32. The molecule has 0 saturated heterocycles. The van der Waals surface area contributed by atoms with Gasteiger partial charge in [-0.05, 0) is 35.9 Å². The normalized spacial score (nSPS) is 13.0. The van der Waals surface area contributed by atoms with Crippen LogP contribution >= 0.6 is 0 Å².